The first-order valence-electron chi connectivity index (χ1n) is 8.50. The highest BCUT2D eigenvalue weighted by atomic mass is 16.5. The summed E-state index contributed by atoms with van der Waals surface area (Å²) in [5.41, 5.74) is 2.44. The fraction of sp³-hybridized carbons (Fsp3) is 0.444. The summed E-state index contributed by atoms with van der Waals surface area (Å²) in [6.07, 6.45) is 4.95. The Labute approximate surface area is 142 Å². The Morgan fingerprint density at radius 2 is 2.25 bits per heavy atom. The van der Waals surface area contributed by atoms with Crippen molar-refractivity contribution >= 4 is 5.96 Å². The number of hydrogen-bond acceptors (Lipinski definition) is 3. The zero-order chi connectivity index (χ0) is 16.8. The predicted molar refractivity (Wildman–Crippen MR) is 95.5 cm³/mol. The first-order chi connectivity index (χ1) is 11.7. The van der Waals surface area contributed by atoms with Gasteiger partial charge in [-0.3, -0.25) is 4.68 Å². The van der Waals surface area contributed by atoms with Crippen LogP contribution in [0.15, 0.2) is 41.7 Å². The first-order valence-corrected chi connectivity index (χ1v) is 8.50. The van der Waals surface area contributed by atoms with Gasteiger partial charge in [-0.2, -0.15) is 5.10 Å². The summed E-state index contributed by atoms with van der Waals surface area (Å²) in [6.45, 7) is 7.17. The lowest BCUT2D eigenvalue weighted by Gasteiger charge is -2.13. The van der Waals surface area contributed by atoms with Gasteiger partial charge in [0.2, 0.25) is 0 Å². The molecule has 0 saturated heterocycles. The van der Waals surface area contributed by atoms with Gasteiger partial charge >= 0.3 is 0 Å². The molecule has 1 unspecified atom stereocenters. The largest absolute Gasteiger partial charge is 0.488 e. The minimum absolute atomic E-state index is 0.117. The van der Waals surface area contributed by atoms with E-state index in [1.807, 2.05) is 36.1 Å². The van der Waals surface area contributed by atoms with Crippen molar-refractivity contribution in [1.29, 1.82) is 0 Å². The lowest BCUT2D eigenvalue weighted by atomic mass is 10.1. The Balaban J connectivity index is 1.49. The maximum atomic E-state index is 5.94. The number of aliphatic imine (C=N–C) groups is 1. The van der Waals surface area contributed by atoms with Crippen molar-refractivity contribution in [3.63, 3.8) is 0 Å². The zero-order valence-corrected chi connectivity index (χ0v) is 14.3. The number of aryl methyl sites for hydroxylation is 1. The molecule has 0 radical (unpaired) electrons. The van der Waals surface area contributed by atoms with E-state index in [1.54, 1.807) is 0 Å². The highest BCUT2D eigenvalue weighted by Crippen LogP contribution is 2.28. The van der Waals surface area contributed by atoms with Crippen molar-refractivity contribution in [2.24, 2.45) is 4.99 Å². The van der Waals surface area contributed by atoms with Crippen LogP contribution in [0, 0.1) is 6.92 Å². The Bertz CT molecular complexity index is 669. The molecule has 2 heterocycles. The van der Waals surface area contributed by atoms with Gasteiger partial charge in [-0.1, -0.05) is 18.2 Å². The minimum atomic E-state index is 0.117. The number of nitrogens with one attached hydrogen (secondary N) is 2. The van der Waals surface area contributed by atoms with Gasteiger partial charge < -0.3 is 15.4 Å². The second-order valence-corrected chi connectivity index (χ2v) is 5.98. The lowest BCUT2D eigenvalue weighted by molar-refractivity contribution is 0.241. The van der Waals surface area contributed by atoms with Crippen LogP contribution in [-0.4, -0.2) is 41.5 Å². The second kappa shape index (κ2) is 7.86. The maximum absolute atomic E-state index is 5.94. The Morgan fingerprint density at radius 1 is 1.38 bits per heavy atom. The Hall–Kier alpha value is -2.50. The van der Waals surface area contributed by atoms with E-state index in [4.69, 9.17) is 4.74 Å². The summed E-state index contributed by atoms with van der Waals surface area (Å²) < 4.78 is 7.87. The SMILES string of the molecule is CCNC(=NCC1Cc2ccccc2O1)NCCn1cc(C)cn1. The molecule has 1 aliphatic heterocycles. The summed E-state index contributed by atoms with van der Waals surface area (Å²) in [5, 5.41) is 10.9. The summed E-state index contributed by atoms with van der Waals surface area (Å²) in [4.78, 5) is 4.65. The van der Waals surface area contributed by atoms with Gasteiger partial charge in [-0.05, 0) is 31.0 Å². The molecule has 24 heavy (non-hydrogen) atoms. The topological polar surface area (TPSA) is 63.5 Å². The van der Waals surface area contributed by atoms with Crippen LogP contribution >= 0.6 is 0 Å². The molecule has 2 aromatic rings. The van der Waals surface area contributed by atoms with Crippen molar-refractivity contribution in [3.05, 3.63) is 47.8 Å². The van der Waals surface area contributed by atoms with Crippen LogP contribution in [0.25, 0.3) is 0 Å². The fourth-order valence-corrected chi connectivity index (χ4v) is 2.77. The average Bonchev–Trinajstić information content (AvgIpc) is 3.18. The number of rotatable bonds is 6. The van der Waals surface area contributed by atoms with E-state index in [-0.39, 0.29) is 6.10 Å². The number of nitrogens with zero attached hydrogens (tertiary/aromatic N) is 3. The normalized spacial score (nSPS) is 16.6. The van der Waals surface area contributed by atoms with Crippen LogP contribution < -0.4 is 15.4 Å². The number of guanidine groups is 1. The number of ether oxygens (including phenoxy) is 1. The molecule has 0 saturated carbocycles. The van der Waals surface area contributed by atoms with Crippen LogP contribution in [0.1, 0.15) is 18.1 Å². The van der Waals surface area contributed by atoms with Gasteiger partial charge in [-0.25, -0.2) is 4.99 Å². The Morgan fingerprint density at radius 3 is 3.00 bits per heavy atom. The molecular formula is C18H25N5O. The maximum Gasteiger partial charge on any atom is 0.191 e. The zero-order valence-electron chi connectivity index (χ0n) is 14.3. The summed E-state index contributed by atoms with van der Waals surface area (Å²) in [6, 6.07) is 8.20. The van der Waals surface area contributed by atoms with Gasteiger partial charge in [0.15, 0.2) is 5.96 Å². The molecule has 2 N–H and O–H groups in total. The van der Waals surface area contributed by atoms with Crippen molar-refractivity contribution in [2.75, 3.05) is 19.6 Å². The van der Waals surface area contributed by atoms with Crippen molar-refractivity contribution < 1.29 is 4.74 Å². The molecule has 6 heteroatoms. The molecule has 1 aromatic heterocycles. The van der Waals surface area contributed by atoms with Crippen LogP contribution in [0.4, 0.5) is 0 Å². The average molecular weight is 327 g/mol. The van der Waals surface area contributed by atoms with Gasteiger partial charge in [0, 0.05) is 25.7 Å². The van der Waals surface area contributed by atoms with Crippen molar-refractivity contribution in [1.82, 2.24) is 20.4 Å². The molecule has 3 rings (SSSR count). The molecule has 0 fully saturated rings. The van der Waals surface area contributed by atoms with Crippen LogP contribution in [0.3, 0.4) is 0 Å². The molecule has 1 aromatic carbocycles. The van der Waals surface area contributed by atoms with E-state index < -0.39 is 0 Å². The molecule has 0 bridgehead atoms. The van der Waals surface area contributed by atoms with Gasteiger partial charge in [-0.15, -0.1) is 0 Å². The third-order valence-corrected chi connectivity index (χ3v) is 3.91. The second-order valence-electron chi connectivity index (χ2n) is 5.98. The summed E-state index contributed by atoms with van der Waals surface area (Å²) in [5.74, 6) is 1.81. The summed E-state index contributed by atoms with van der Waals surface area (Å²) >= 11 is 0. The summed E-state index contributed by atoms with van der Waals surface area (Å²) in [7, 11) is 0. The number of fused-ring (bicyclic) bond motifs is 1. The fourth-order valence-electron chi connectivity index (χ4n) is 2.77. The van der Waals surface area contributed by atoms with Gasteiger partial charge in [0.05, 0.1) is 19.3 Å². The van der Waals surface area contributed by atoms with Gasteiger partial charge in [0.25, 0.3) is 0 Å². The molecule has 1 aliphatic rings. The van der Waals surface area contributed by atoms with Crippen LogP contribution in [0.2, 0.25) is 0 Å². The highest BCUT2D eigenvalue weighted by Gasteiger charge is 2.21. The first kappa shape index (κ1) is 16.4. The van der Waals surface area contributed by atoms with E-state index in [0.29, 0.717) is 6.54 Å². The molecule has 128 valence electrons. The minimum Gasteiger partial charge on any atom is -0.488 e. The number of aromatic nitrogens is 2. The third kappa shape index (κ3) is 4.28. The third-order valence-electron chi connectivity index (χ3n) is 3.91. The van der Waals surface area contributed by atoms with E-state index in [1.165, 1.54) is 11.1 Å². The van der Waals surface area contributed by atoms with E-state index in [0.717, 1.165) is 37.8 Å². The van der Waals surface area contributed by atoms with E-state index in [9.17, 15) is 0 Å². The standard InChI is InChI=1S/C18H25N5O/c1-3-19-18(20-8-9-23-13-14(2)11-22-23)21-12-16-10-15-6-4-5-7-17(15)24-16/h4-7,11,13,16H,3,8-10,12H2,1-2H3,(H2,19,20,21). The lowest BCUT2D eigenvalue weighted by Crippen LogP contribution is -2.39. The predicted octanol–water partition coefficient (Wildman–Crippen LogP) is 1.75. The molecule has 0 spiro atoms. The molecule has 1 atom stereocenters. The highest BCUT2D eigenvalue weighted by molar-refractivity contribution is 5.79. The van der Waals surface area contributed by atoms with Gasteiger partial charge in [0.1, 0.15) is 11.9 Å². The van der Waals surface area contributed by atoms with Crippen molar-refractivity contribution in [2.45, 2.75) is 32.9 Å². The van der Waals surface area contributed by atoms with Crippen LogP contribution in [-0.2, 0) is 13.0 Å². The Kier molecular flexibility index (Phi) is 5.36. The van der Waals surface area contributed by atoms with E-state index in [2.05, 4.69) is 39.8 Å². The number of para-hydroxylation sites is 1. The number of benzene rings is 1. The van der Waals surface area contributed by atoms with E-state index >= 15 is 0 Å². The number of hydrogen-bond donors (Lipinski definition) is 2. The quantitative estimate of drug-likeness (QED) is 0.627. The van der Waals surface area contributed by atoms with Crippen LogP contribution in [0.5, 0.6) is 5.75 Å². The smallest absolute Gasteiger partial charge is 0.191 e. The molecule has 6 nitrogen and oxygen atoms in total. The van der Waals surface area contributed by atoms with Crippen molar-refractivity contribution in [3.8, 4) is 5.75 Å². The molecule has 0 aliphatic carbocycles. The molecular weight excluding hydrogens is 302 g/mol. The molecule has 0 amide bonds. The monoisotopic (exact) mass is 327 g/mol.